The highest BCUT2D eigenvalue weighted by atomic mass is 35.5. The molecule has 20 heavy (non-hydrogen) atoms. The molecule has 0 aliphatic rings. The molecule has 0 aliphatic heterocycles. The van der Waals surface area contributed by atoms with Crippen LogP contribution in [0.15, 0.2) is 53.3 Å². The van der Waals surface area contributed by atoms with Crippen LogP contribution in [0.2, 0.25) is 0 Å². The first-order valence-corrected chi connectivity index (χ1v) is 6.63. The van der Waals surface area contributed by atoms with Crippen molar-refractivity contribution in [2.24, 2.45) is 0 Å². The van der Waals surface area contributed by atoms with Crippen LogP contribution < -0.4 is 0 Å². The maximum absolute atomic E-state index is 6.36. The Morgan fingerprint density at radius 1 is 1.15 bits per heavy atom. The van der Waals surface area contributed by atoms with E-state index in [1.807, 2.05) is 43.3 Å². The van der Waals surface area contributed by atoms with Crippen LogP contribution in [-0.4, -0.2) is 15.1 Å². The maximum Gasteiger partial charge on any atom is 0.249 e. The van der Waals surface area contributed by atoms with Crippen molar-refractivity contribution in [2.45, 2.75) is 12.3 Å². The zero-order valence-electron chi connectivity index (χ0n) is 10.8. The molecule has 0 N–H and O–H groups in total. The van der Waals surface area contributed by atoms with Gasteiger partial charge < -0.3 is 4.52 Å². The molecular formula is C15H12ClN3O. The van der Waals surface area contributed by atoms with Crippen molar-refractivity contribution in [3.05, 3.63) is 65.8 Å². The summed E-state index contributed by atoms with van der Waals surface area (Å²) in [5.74, 6) is 0.922. The highest BCUT2D eigenvalue weighted by molar-refractivity contribution is 6.22. The van der Waals surface area contributed by atoms with E-state index in [1.165, 1.54) is 0 Å². The van der Waals surface area contributed by atoms with Gasteiger partial charge in [-0.3, -0.25) is 4.98 Å². The van der Waals surface area contributed by atoms with E-state index < -0.39 is 5.38 Å². The fraction of sp³-hybridized carbons (Fsp3) is 0.133. The van der Waals surface area contributed by atoms with E-state index in [1.54, 1.807) is 12.4 Å². The first kappa shape index (κ1) is 12.8. The van der Waals surface area contributed by atoms with Crippen LogP contribution in [0.5, 0.6) is 0 Å². The van der Waals surface area contributed by atoms with Crippen molar-refractivity contribution < 1.29 is 4.52 Å². The average Bonchev–Trinajstić information content (AvgIpc) is 2.97. The van der Waals surface area contributed by atoms with Crippen LogP contribution in [0.25, 0.3) is 11.4 Å². The van der Waals surface area contributed by atoms with Gasteiger partial charge in [0, 0.05) is 18.0 Å². The molecule has 0 amide bonds. The lowest BCUT2D eigenvalue weighted by Gasteiger charge is -2.03. The van der Waals surface area contributed by atoms with Gasteiger partial charge in [0.05, 0.1) is 0 Å². The quantitative estimate of drug-likeness (QED) is 0.687. The Kier molecular flexibility index (Phi) is 3.48. The van der Waals surface area contributed by atoms with Crippen molar-refractivity contribution in [3.63, 3.8) is 0 Å². The van der Waals surface area contributed by atoms with Gasteiger partial charge >= 0.3 is 0 Å². The maximum atomic E-state index is 6.36. The summed E-state index contributed by atoms with van der Waals surface area (Å²) in [6.07, 6.45) is 3.47. The van der Waals surface area contributed by atoms with Gasteiger partial charge in [0.25, 0.3) is 0 Å². The summed E-state index contributed by atoms with van der Waals surface area (Å²) in [5, 5.41) is 3.55. The minimum absolute atomic E-state index is 0.393. The van der Waals surface area contributed by atoms with Crippen molar-refractivity contribution in [1.29, 1.82) is 0 Å². The number of aryl methyl sites for hydroxylation is 1. The van der Waals surface area contributed by atoms with Gasteiger partial charge in [-0.2, -0.15) is 4.98 Å². The Balaban J connectivity index is 1.93. The Hall–Kier alpha value is -2.20. The van der Waals surface area contributed by atoms with Gasteiger partial charge in [-0.1, -0.05) is 35.5 Å². The number of rotatable bonds is 3. The molecule has 0 radical (unpaired) electrons. The van der Waals surface area contributed by atoms with Crippen LogP contribution >= 0.6 is 11.6 Å². The van der Waals surface area contributed by atoms with Crippen molar-refractivity contribution in [2.75, 3.05) is 0 Å². The molecule has 0 bridgehead atoms. The van der Waals surface area contributed by atoms with E-state index >= 15 is 0 Å². The topological polar surface area (TPSA) is 51.8 Å². The molecule has 100 valence electrons. The zero-order valence-corrected chi connectivity index (χ0v) is 11.6. The molecule has 0 spiro atoms. The second-order valence-corrected chi connectivity index (χ2v) is 4.86. The number of halogens is 1. The molecule has 2 aromatic heterocycles. The average molecular weight is 286 g/mol. The van der Waals surface area contributed by atoms with Crippen LogP contribution in [0.4, 0.5) is 0 Å². The van der Waals surface area contributed by atoms with E-state index in [0.717, 1.165) is 16.7 Å². The molecule has 3 aromatic rings. The third kappa shape index (κ3) is 2.42. The van der Waals surface area contributed by atoms with Crippen molar-refractivity contribution in [3.8, 4) is 11.4 Å². The third-order valence-electron chi connectivity index (χ3n) is 3.01. The van der Waals surface area contributed by atoms with Gasteiger partial charge in [-0.15, -0.1) is 11.6 Å². The van der Waals surface area contributed by atoms with Gasteiger partial charge in [-0.25, -0.2) is 0 Å². The fourth-order valence-electron chi connectivity index (χ4n) is 1.94. The molecular weight excluding hydrogens is 274 g/mol. The number of nitrogens with zero attached hydrogens (tertiary/aromatic N) is 3. The van der Waals surface area contributed by atoms with E-state index in [9.17, 15) is 0 Å². The summed E-state index contributed by atoms with van der Waals surface area (Å²) in [6.45, 7) is 1.95. The Bertz CT molecular complexity index is 712. The monoisotopic (exact) mass is 285 g/mol. The lowest BCUT2D eigenvalue weighted by atomic mass is 10.1. The van der Waals surface area contributed by atoms with Crippen LogP contribution in [0.1, 0.15) is 22.4 Å². The predicted octanol–water partition coefficient (Wildman–Crippen LogP) is 3.77. The van der Waals surface area contributed by atoms with E-state index in [0.29, 0.717) is 11.7 Å². The second kappa shape index (κ2) is 5.43. The summed E-state index contributed by atoms with van der Waals surface area (Å²) >= 11 is 6.36. The largest absolute Gasteiger partial charge is 0.337 e. The standard InChI is InChI=1S/C15H12ClN3O/c1-10-9-17-8-7-12(10)14-18-15(20-19-14)13(16)11-5-3-2-4-6-11/h2-9,13H,1H3. The molecule has 0 fully saturated rings. The number of alkyl halides is 1. The lowest BCUT2D eigenvalue weighted by molar-refractivity contribution is 0.383. The van der Waals surface area contributed by atoms with Gasteiger partial charge in [0.1, 0.15) is 5.38 Å². The van der Waals surface area contributed by atoms with E-state index in [2.05, 4.69) is 15.1 Å². The molecule has 3 rings (SSSR count). The van der Waals surface area contributed by atoms with Crippen LogP contribution in [0, 0.1) is 6.92 Å². The fourth-order valence-corrected chi connectivity index (χ4v) is 2.17. The molecule has 1 unspecified atom stereocenters. The third-order valence-corrected chi connectivity index (χ3v) is 3.45. The summed E-state index contributed by atoms with van der Waals surface area (Å²) in [7, 11) is 0. The molecule has 5 heteroatoms. The van der Waals surface area contributed by atoms with Gasteiger partial charge in [0.15, 0.2) is 0 Å². The highest BCUT2D eigenvalue weighted by Crippen LogP contribution is 2.29. The van der Waals surface area contributed by atoms with Crippen LogP contribution in [0.3, 0.4) is 0 Å². The first-order valence-electron chi connectivity index (χ1n) is 6.19. The second-order valence-electron chi connectivity index (χ2n) is 4.42. The van der Waals surface area contributed by atoms with E-state index in [-0.39, 0.29) is 0 Å². The Morgan fingerprint density at radius 3 is 2.70 bits per heavy atom. The number of hydrogen-bond donors (Lipinski definition) is 0. The molecule has 0 saturated carbocycles. The SMILES string of the molecule is Cc1cnccc1-c1noc(C(Cl)c2ccccc2)n1. The molecule has 4 nitrogen and oxygen atoms in total. The molecule has 1 atom stereocenters. The number of aromatic nitrogens is 3. The van der Waals surface area contributed by atoms with Crippen LogP contribution in [-0.2, 0) is 0 Å². The van der Waals surface area contributed by atoms with Gasteiger partial charge in [-0.05, 0) is 24.1 Å². The lowest BCUT2D eigenvalue weighted by Crippen LogP contribution is -1.93. The predicted molar refractivity (Wildman–Crippen MR) is 76.4 cm³/mol. The zero-order chi connectivity index (χ0) is 13.9. The minimum atomic E-state index is -0.445. The van der Waals surface area contributed by atoms with E-state index in [4.69, 9.17) is 16.1 Å². The first-order chi connectivity index (χ1) is 9.75. The number of hydrogen-bond acceptors (Lipinski definition) is 4. The molecule has 1 aromatic carbocycles. The number of pyridine rings is 1. The summed E-state index contributed by atoms with van der Waals surface area (Å²) < 4.78 is 5.28. The Morgan fingerprint density at radius 2 is 1.95 bits per heavy atom. The normalized spacial score (nSPS) is 12.3. The molecule has 0 saturated heterocycles. The Labute approximate surface area is 121 Å². The molecule has 0 aliphatic carbocycles. The summed E-state index contributed by atoms with van der Waals surface area (Å²) in [6, 6.07) is 11.5. The van der Waals surface area contributed by atoms with Gasteiger partial charge in [0.2, 0.25) is 11.7 Å². The summed E-state index contributed by atoms with van der Waals surface area (Å²) in [4.78, 5) is 8.43. The summed E-state index contributed by atoms with van der Waals surface area (Å²) in [5.41, 5.74) is 2.81. The minimum Gasteiger partial charge on any atom is -0.337 e. The van der Waals surface area contributed by atoms with Crippen molar-refractivity contribution in [1.82, 2.24) is 15.1 Å². The highest BCUT2D eigenvalue weighted by Gasteiger charge is 2.19. The molecule has 2 heterocycles. The number of benzene rings is 1. The van der Waals surface area contributed by atoms with Crippen molar-refractivity contribution >= 4 is 11.6 Å². The smallest absolute Gasteiger partial charge is 0.249 e.